The summed E-state index contributed by atoms with van der Waals surface area (Å²) in [5.41, 5.74) is -0.269. The zero-order valence-corrected chi connectivity index (χ0v) is 11.5. The average molecular weight is 275 g/mol. The molecule has 1 atom stereocenters. The van der Waals surface area contributed by atoms with E-state index >= 15 is 0 Å². The van der Waals surface area contributed by atoms with Crippen LogP contribution in [0.15, 0.2) is 23.1 Å². The first kappa shape index (κ1) is 15.4. The van der Waals surface area contributed by atoms with Crippen molar-refractivity contribution in [2.24, 2.45) is 0 Å². The van der Waals surface area contributed by atoms with Gasteiger partial charge in [0.05, 0.1) is 6.61 Å². The highest BCUT2D eigenvalue weighted by Gasteiger charge is 2.19. The highest BCUT2D eigenvalue weighted by atomic mass is 32.2. The van der Waals surface area contributed by atoms with Crippen molar-refractivity contribution in [3.63, 3.8) is 0 Å². The Morgan fingerprint density at radius 1 is 1.33 bits per heavy atom. The fourth-order valence-corrected chi connectivity index (χ4v) is 2.38. The summed E-state index contributed by atoms with van der Waals surface area (Å²) in [5, 5.41) is 12.3. The highest BCUT2D eigenvalue weighted by Crippen LogP contribution is 2.23. The third kappa shape index (κ3) is 4.55. The lowest BCUT2D eigenvalue weighted by molar-refractivity contribution is 0.173. The Morgan fingerprint density at radius 2 is 2.06 bits per heavy atom. The van der Waals surface area contributed by atoms with Crippen LogP contribution in [0, 0.1) is 11.6 Å². The Balaban J connectivity index is 2.36. The molecular formula is C13H19F2NOS. The molecule has 2 N–H and O–H groups in total. The topological polar surface area (TPSA) is 32.3 Å². The molecule has 0 aliphatic heterocycles. The van der Waals surface area contributed by atoms with Gasteiger partial charge in [0.1, 0.15) is 0 Å². The molecule has 0 fully saturated rings. The van der Waals surface area contributed by atoms with Gasteiger partial charge in [-0.25, -0.2) is 8.78 Å². The molecule has 2 nitrogen and oxygen atoms in total. The number of rotatable bonds is 7. The van der Waals surface area contributed by atoms with Gasteiger partial charge in [0.2, 0.25) is 0 Å². The fourth-order valence-electron chi connectivity index (χ4n) is 1.50. The molecule has 0 spiro atoms. The fraction of sp³-hybridized carbons (Fsp3) is 0.538. The number of halogens is 2. The number of aliphatic hydroxyl groups excluding tert-OH is 1. The Hall–Kier alpha value is -0.650. The van der Waals surface area contributed by atoms with Crippen molar-refractivity contribution in [1.29, 1.82) is 0 Å². The van der Waals surface area contributed by atoms with Gasteiger partial charge in [-0.1, -0.05) is 0 Å². The van der Waals surface area contributed by atoms with Gasteiger partial charge in [-0.15, -0.1) is 11.8 Å². The van der Waals surface area contributed by atoms with E-state index in [0.717, 1.165) is 29.6 Å². The first-order chi connectivity index (χ1) is 8.50. The average Bonchev–Trinajstić information content (AvgIpc) is 2.38. The van der Waals surface area contributed by atoms with Gasteiger partial charge in [-0.3, -0.25) is 0 Å². The first-order valence-electron chi connectivity index (χ1n) is 5.88. The zero-order chi connectivity index (χ0) is 13.6. The maximum atomic E-state index is 13.0. The SMILES string of the molecule is CNC(C)(CO)CCCSc1ccc(F)c(F)c1. The molecule has 0 amide bonds. The maximum absolute atomic E-state index is 13.0. The smallest absolute Gasteiger partial charge is 0.159 e. The van der Waals surface area contributed by atoms with E-state index in [1.807, 2.05) is 14.0 Å². The quantitative estimate of drug-likeness (QED) is 0.593. The van der Waals surface area contributed by atoms with Gasteiger partial charge >= 0.3 is 0 Å². The van der Waals surface area contributed by atoms with Crippen molar-refractivity contribution in [2.45, 2.75) is 30.2 Å². The van der Waals surface area contributed by atoms with Crippen LogP contribution >= 0.6 is 11.8 Å². The second-order valence-electron chi connectivity index (χ2n) is 4.50. The van der Waals surface area contributed by atoms with Gasteiger partial charge in [0.25, 0.3) is 0 Å². The van der Waals surface area contributed by atoms with Crippen LogP contribution in [-0.4, -0.2) is 30.1 Å². The number of aliphatic hydroxyl groups is 1. The molecule has 0 saturated carbocycles. The Labute approximate surface area is 111 Å². The van der Waals surface area contributed by atoms with Crippen molar-refractivity contribution >= 4 is 11.8 Å². The number of likely N-dealkylation sites (N-methyl/N-ethyl adjacent to an activating group) is 1. The summed E-state index contributed by atoms with van der Waals surface area (Å²) >= 11 is 1.49. The van der Waals surface area contributed by atoms with E-state index in [0.29, 0.717) is 0 Å². The molecule has 0 aliphatic carbocycles. The minimum atomic E-state index is -0.817. The summed E-state index contributed by atoms with van der Waals surface area (Å²) in [6.45, 7) is 2.04. The summed E-state index contributed by atoms with van der Waals surface area (Å²) in [5.74, 6) is -0.819. The highest BCUT2D eigenvalue weighted by molar-refractivity contribution is 7.99. The third-order valence-electron chi connectivity index (χ3n) is 2.99. The lowest BCUT2D eigenvalue weighted by atomic mass is 9.98. The van der Waals surface area contributed by atoms with Gasteiger partial charge < -0.3 is 10.4 Å². The van der Waals surface area contributed by atoms with E-state index in [2.05, 4.69) is 5.32 Å². The number of hydrogen-bond acceptors (Lipinski definition) is 3. The molecule has 0 heterocycles. The second kappa shape index (κ2) is 7.07. The largest absolute Gasteiger partial charge is 0.394 e. The van der Waals surface area contributed by atoms with Gasteiger partial charge in [0.15, 0.2) is 11.6 Å². The molecule has 0 aliphatic rings. The first-order valence-corrected chi connectivity index (χ1v) is 6.87. The van der Waals surface area contributed by atoms with Crippen molar-refractivity contribution < 1.29 is 13.9 Å². The molecule has 1 unspecified atom stereocenters. The third-order valence-corrected chi connectivity index (χ3v) is 4.07. The number of hydrogen-bond donors (Lipinski definition) is 2. The van der Waals surface area contributed by atoms with Crippen LogP contribution in [-0.2, 0) is 0 Å². The van der Waals surface area contributed by atoms with Gasteiger partial charge in [-0.2, -0.15) is 0 Å². The molecule has 102 valence electrons. The molecule has 1 aromatic rings. The lowest BCUT2D eigenvalue weighted by Gasteiger charge is -2.26. The van der Waals surface area contributed by atoms with Crippen LogP contribution in [0.4, 0.5) is 8.78 Å². The van der Waals surface area contributed by atoms with Crippen LogP contribution in [0.5, 0.6) is 0 Å². The number of benzene rings is 1. The normalized spacial score (nSPS) is 14.5. The van der Waals surface area contributed by atoms with E-state index in [9.17, 15) is 13.9 Å². The Bertz CT molecular complexity index is 383. The van der Waals surface area contributed by atoms with Crippen molar-refractivity contribution in [2.75, 3.05) is 19.4 Å². The molecule has 0 radical (unpaired) electrons. The summed E-state index contributed by atoms with van der Waals surface area (Å²) < 4.78 is 25.7. The van der Waals surface area contributed by atoms with E-state index in [4.69, 9.17) is 0 Å². The number of thioether (sulfide) groups is 1. The maximum Gasteiger partial charge on any atom is 0.159 e. The van der Waals surface area contributed by atoms with Crippen molar-refractivity contribution in [3.05, 3.63) is 29.8 Å². The van der Waals surface area contributed by atoms with Crippen LogP contribution in [0.2, 0.25) is 0 Å². The molecule has 1 rings (SSSR count). The zero-order valence-electron chi connectivity index (χ0n) is 10.7. The second-order valence-corrected chi connectivity index (χ2v) is 5.67. The molecule has 1 aromatic carbocycles. The summed E-state index contributed by atoms with van der Waals surface area (Å²) in [6, 6.07) is 3.93. The van der Waals surface area contributed by atoms with E-state index in [1.54, 1.807) is 6.07 Å². The van der Waals surface area contributed by atoms with Gasteiger partial charge in [-0.05, 0) is 50.8 Å². The minimum absolute atomic E-state index is 0.0827. The van der Waals surface area contributed by atoms with Crippen molar-refractivity contribution in [3.8, 4) is 0 Å². The molecule has 0 saturated heterocycles. The Kier molecular flexibility index (Phi) is 6.05. The van der Waals surface area contributed by atoms with E-state index < -0.39 is 11.6 Å². The van der Waals surface area contributed by atoms with Crippen LogP contribution in [0.3, 0.4) is 0 Å². The molecule has 18 heavy (non-hydrogen) atoms. The molecule has 0 aromatic heterocycles. The number of nitrogens with one attached hydrogen (secondary N) is 1. The van der Waals surface area contributed by atoms with Crippen LogP contribution in [0.25, 0.3) is 0 Å². The van der Waals surface area contributed by atoms with E-state index in [-0.39, 0.29) is 12.1 Å². The standard InChI is InChI=1S/C13H19F2NOS/c1-13(9-17,16-2)6-3-7-18-10-4-5-11(14)12(15)8-10/h4-5,8,16-17H,3,6-7,9H2,1-2H3. The monoisotopic (exact) mass is 275 g/mol. The predicted molar refractivity (Wildman–Crippen MR) is 70.9 cm³/mol. The van der Waals surface area contributed by atoms with Crippen LogP contribution < -0.4 is 5.32 Å². The van der Waals surface area contributed by atoms with Crippen LogP contribution in [0.1, 0.15) is 19.8 Å². The molecule has 0 bridgehead atoms. The Morgan fingerprint density at radius 3 is 2.61 bits per heavy atom. The van der Waals surface area contributed by atoms with E-state index in [1.165, 1.54) is 17.8 Å². The minimum Gasteiger partial charge on any atom is -0.394 e. The summed E-state index contributed by atoms with van der Waals surface area (Å²) in [6.07, 6.45) is 1.72. The molecule has 5 heteroatoms. The summed E-state index contributed by atoms with van der Waals surface area (Å²) in [7, 11) is 1.82. The van der Waals surface area contributed by atoms with Gasteiger partial charge in [0, 0.05) is 10.4 Å². The predicted octanol–water partition coefficient (Wildman–Crippen LogP) is 2.81. The summed E-state index contributed by atoms with van der Waals surface area (Å²) in [4.78, 5) is 0.726. The molecular weight excluding hydrogens is 256 g/mol. The lowest BCUT2D eigenvalue weighted by Crippen LogP contribution is -2.43. The van der Waals surface area contributed by atoms with Crippen molar-refractivity contribution in [1.82, 2.24) is 5.32 Å².